The summed E-state index contributed by atoms with van der Waals surface area (Å²) in [5.41, 5.74) is 0.284. The van der Waals surface area contributed by atoms with Gasteiger partial charge < -0.3 is 9.67 Å². The molecule has 0 aliphatic carbocycles. The number of hydrogen-bond acceptors (Lipinski definition) is 4. The van der Waals surface area contributed by atoms with E-state index in [1.807, 2.05) is 0 Å². The number of aryl methyl sites for hydroxylation is 2. The van der Waals surface area contributed by atoms with Crippen molar-refractivity contribution in [2.24, 2.45) is 7.05 Å². The molecule has 0 aliphatic heterocycles. The summed E-state index contributed by atoms with van der Waals surface area (Å²) in [6.07, 6.45) is 1.26. The summed E-state index contributed by atoms with van der Waals surface area (Å²) in [6.45, 7) is 1.58. The Morgan fingerprint density at radius 1 is 1.43 bits per heavy atom. The van der Waals surface area contributed by atoms with Crippen LogP contribution in [0.3, 0.4) is 0 Å². The first-order chi connectivity index (χ1) is 9.74. The highest BCUT2D eigenvalue weighted by molar-refractivity contribution is 7.92. The van der Waals surface area contributed by atoms with E-state index in [0.717, 1.165) is 0 Å². The Hall–Kier alpha value is -2.06. The number of halogens is 1. The standard InChI is InChI=1S/C12H12ClN3O4S/c1-7-4-3-5-8(9(7)12(17)18)15-21(19,20)11-10(13)16(2)6-14-11/h3-6,15H,1-2H3,(H,17,18). The van der Waals surface area contributed by atoms with E-state index in [4.69, 9.17) is 11.6 Å². The molecule has 0 unspecified atom stereocenters. The SMILES string of the molecule is Cc1cccc(NS(=O)(=O)c2ncn(C)c2Cl)c1C(=O)O. The second-order valence-corrected chi connectivity index (χ2v) is 6.32. The topological polar surface area (TPSA) is 101 Å². The van der Waals surface area contributed by atoms with Gasteiger partial charge in [0.1, 0.15) is 5.15 Å². The molecular formula is C12H12ClN3O4S. The van der Waals surface area contributed by atoms with Crippen molar-refractivity contribution in [2.45, 2.75) is 11.9 Å². The molecule has 0 aliphatic rings. The number of hydrogen-bond donors (Lipinski definition) is 2. The molecule has 1 heterocycles. The van der Waals surface area contributed by atoms with Crippen LogP contribution in [0.25, 0.3) is 0 Å². The van der Waals surface area contributed by atoms with Gasteiger partial charge in [0.05, 0.1) is 17.6 Å². The zero-order chi connectivity index (χ0) is 15.8. The fraction of sp³-hybridized carbons (Fsp3) is 0.167. The van der Waals surface area contributed by atoms with E-state index < -0.39 is 16.0 Å². The van der Waals surface area contributed by atoms with E-state index in [0.29, 0.717) is 5.56 Å². The number of anilines is 1. The minimum absolute atomic E-state index is 0.0378. The lowest BCUT2D eigenvalue weighted by atomic mass is 10.1. The van der Waals surface area contributed by atoms with E-state index >= 15 is 0 Å². The second-order valence-electron chi connectivity index (χ2n) is 4.36. The zero-order valence-electron chi connectivity index (χ0n) is 11.2. The average Bonchev–Trinajstić information content (AvgIpc) is 2.69. The van der Waals surface area contributed by atoms with Gasteiger partial charge in [-0.15, -0.1) is 0 Å². The predicted molar refractivity (Wildman–Crippen MR) is 77.2 cm³/mol. The monoisotopic (exact) mass is 329 g/mol. The molecule has 112 valence electrons. The number of nitrogens with one attached hydrogen (secondary N) is 1. The minimum Gasteiger partial charge on any atom is -0.478 e. The van der Waals surface area contributed by atoms with Crippen LogP contribution in [-0.4, -0.2) is 29.0 Å². The van der Waals surface area contributed by atoms with Crippen molar-refractivity contribution in [3.63, 3.8) is 0 Å². The van der Waals surface area contributed by atoms with Gasteiger partial charge >= 0.3 is 5.97 Å². The average molecular weight is 330 g/mol. The molecule has 1 aromatic carbocycles. The lowest BCUT2D eigenvalue weighted by Gasteiger charge is -2.11. The lowest BCUT2D eigenvalue weighted by Crippen LogP contribution is -2.17. The normalized spacial score (nSPS) is 11.4. The van der Waals surface area contributed by atoms with E-state index in [1.165, 1.54) is 17.0 Å². The van der Waals surface area contributed by atoms with Crippen molar-refractivity contribution in [1.29, 1.82) is 0 Å². The number of nitrogens with zero attached hydrogens (tertiary/aromatic N) is 2. The van der Waals surface area contributed by atoms with Crippen molar-refractivity contribution < 1.29 is 18.3 Å². The van der Waals surface area contributed by atoms with Crippen LogP contribution in [0.4, 0.5) is 5.69 Å². The van der Waals surface area contributed by atoms with Gasteiger partial charge in [0.2, 0.25) is 5.03 Å². The number of carboxylic acids is 1. The summed E-state index contributed by atoms with van der Waals surface area (Å²) in [5.74, 6) is -1.22. The van der Waals surface area contributed by atoms with Crippen LogP contribution in [0.5, 0.6) is 0 Å². The molecule has 0 radical (unpaired) electrons. The number of aromatic nitrogens is 2. The number of sulfonamides is 1. The summed E-state index contributed by atoms with van der Waals surface area (Å²) < 4.78 is 28.1. The van der Waals surface area contributed by atoms with Gasteiger partial charge in [-0.25, -0.2) is 9.78 Å². The first kappa shape index (κ1) is 15.3. The van der Waals surface area contributed by atoms with Crippen molar-refractivity contribution >= 4 is 33.3 Å². The quantitative estimate of drug-likeness (QED) is 0.891. The highest BCUT2D eigenvalue weighted by Gasteiger charge is 2.25. The Labute approximate surface area is 126 Å². The summed E-state index contributed by atoms with van der Waals surface area (Å²) >= 11 is 5.86. The van der Waals surface area contributed by atoms with Crippen LogP contribution in [0, 0.1) is 6.92 Å². The molecular weight excluding hydrogens is 318 g/mol. The maximum Gasteiger partial charge on any atom is 0.338 e. The molecule has 0 saturated heterocycles. The Morgan fingerprint density at radius 3 is 2.62 bits per heavy atom. The molecule has 0 bridgehead atoms. The van der Waals surface area contributed by atoms with Gasteiger partial charge in [-0.3, -0.25) is 4.72 Å². The minimum atomic E-state index is -4.07. The second kappa shape index (κ2) is 5.38. The third kappa shape index (κ3) is 2.86. The molecule has 0 spiro atoms. The highest BCUT2D eigenvalue weighted by Crippen LogP contribution is 2.25. The molecule has 2 N–H and O–H groups in total. The number of imidazole rings is 1. The van der Waals surface area contributed by atoms with E-state index in [2.05, 4.69) is 9.71 Å². The number of aromatic carboxylic acids is 1. The Balaban J connectivity index is 2.50. The van der Waals surface area contributed by atoms with Gasteiger partial charge in [-0.2, -0.15) is 8.42 Å². The van der Waals surface area contributed by atoms with Crippen LogP contribution in [0.2, 0.25) is 5.15 Å². The van der Waals surface area contributed by atoms with Crippen molar-refractivity contribution in [1.82, 2.24) is 9.55 Å². The van der Waals surface area contributed by atoms with Crippen LogP contribution in [0.1, 0.15) is 15.9 Å². The van der Waals surface area contributed by atoms with Crippen LogP contribution in [-0.2, 0) is 17.1 Å². The van der Waals surface area contributed by atoms with E-state index in [-0.39, 0.29) is 21.4 Å². The van der Waals surface area contributed by atoms with Crippen molar-refractivity contribution in [2.75, 3.05) is 4.72 Å². The molecule has 0 fully saturated rings. The third-order valence-corrected chi connectivity index (χ3v) is 4.67. The molecule has 7 nitrogen and oxygen atoms in total. The molecule has 2 rings (SSSR count). The molecule has 0 amide bonds. The van der Waals surface area contributed by atoms with E-state index in [1.54, 1.807) is 26.1 Å². The van der Waals surface area contributed by atoms with Gasteiger partial charge in [-0.1, -0.05) is 23.7 Å². The molecule has 9 heteroatoms. The fourth-order valence-electron chi connectivity index (χ4n) is 1.80. The summed E-state index contributed by atoms with van der Waals surface area (Å²) in [6, 6.07) is 4.50. The Bertz CT molecular complexity index is 814. The molecule has 21 heavy (non-hydrogen) atoms. The number of carbonyl (C=O) groups is 1. The highest BCUT2D eigenvalue weighted by atomic mass is 35.5. The maximum atomic E-state index is 12.3. The summed E-state index contributed by atoms with van der Waals surface area (Å²) in [4.78, 5) is 15.0. The molecule has 2 aromatic rings. The zero-order valence-corrected chi connectivity index (χ0v) is 12.7. The number of rotatable bonds is 4. The van der Waals surface area contributed by atoms with Gasteiger partial charge in [0.15, 0.2) is 0 Å². The van der Waals surface area contributed by atoms with Crippen molar-refractivity contribution in [3.05, 3.63) is 40.8 Å². The van der Waals surface area contributed by atoms with Crippen LogP contribution >= 0.6 is 11.6 Å². The molecule has 1 aromatic heterocycles. The largest absolute Gasteiger partial charge is 0.478 e. The van der Waals surface area contributed by atoms with Crippen LogP contribution in [0.15, 0.2) is 29.6 Å². The summed E-state index contributed by atoms with van der Waals surface area (Å²) in [7, 11) is -2.53. The number of benzene rings is 1. The molecule has 0 atom stereocenters. The fourth-order valence-corrected chi connectivity index (χ4v) is 3.31. The predicted octanol–water partition coefficient (Wildman–Crippen LogP) is 1.88. The third-order valence-electron chi connectivity index (χ3n) is 2.82. The van der Waals surface area contributed by atoms with Crippen molar-refractivity contribution in [3.8, 4) is 0 Å². The van der Waals surface area contributed by atoms with Gasteiger partial charge in [-0.05, 0) is 18.6 Å². The summed E-state index contributed by atoms with van der Waals surface area (Å²) in [5, 5.41) is 8.77. The smallest absolute Gasteiger partial charge is 0.338 e. The first-order valence-electron chi connectivity index (χ1n) is 5.76. The van der Waals surface area contributed by atoms with Crippen LogP contribution < -0.4 is 4.72 Å². The van der Waals surface area contributed by atoms with Gasteiger partial charge in [0, 0.05) is 7.05 Å². The Kier molecular flexibility index (Phi) is 3.93. The van der Waals surface area contributed by atoms with Gasteiger partial charge in [0.25, 0.3) is 10.0 Å². The Morgan fingerprint density at radius 2 is 2.10 bits per heavy atom. The number of carboxylic acid groups (broad SMARTS) is 1. The molecule has 0 saturated carbocycles. The lowest BCUT2D eigenvalue weighted by molar-refractivity contribution is 0.0697. The van der Waals surface area contributed by atoms with E-state index in [9.17, 15) is 18.3 Å². The first-order valence-corrected chi connectivity index (χ1v) is 7.62. The maximum absolute atomic E-state index is 12.3.